The van der Waals surface area contributed by atoms with Crippen LogP contribution in [-0.4, -0.2) is 63.7 Å². The van der Waals surface area contributed by atoms with E-state index in [0.717, 1.165) is 17.7 Å². The van der Waals surface area contributed by atoms with E-state index in [0.29, 0.717) is 43.5 Å². The van der Waals surface area contributed by atoms with Crippen LogP contribution in [0, 0.1) is 0 Å². The second-order valence-corrected chi connectivity index (χ2v) is 7.84. The van der Waals surface area contributed by atoms with Gasteiger partial charge in [-0.3, -0.25) is 4.79 Å². The summed E-state index contributed by atoms with van der Waals surface area (Å²) in [4.78, 5) is 25.1. The highest BCUT2D eigenvalue weighted by atomic mass is 16.4. The number of nitrogens with one attached hydrogen (secondary N) is 1. The van der Waals surface area contributed by atoms with Gasteiger partial charge in [-0.05, 0) is 31.7 Å². The van der Waals surface area contributed by atoms with Crippen molar-refractivity contribution in [3.05, 3.63) is 36.0 Å². The molecule has 10 heteroatoms. The van der Waals surface area contributed by atoms with Crippen LogP contribution in [0.4, 0.5) is 11.6 Å². The standard InChI is InChI=1S/C22H28N8O2/c1-4-18(31)30-10-9-29(13-14(30)2)17-12-25-20(23)19(26-17)22-28-27-21(32-22)16-7-5-15(6-8-16)11-24-3/h5-8,12,14,24H,4,9-11,13H2,1-3H3,(H2,23,25)/t14-/m1/s1. The third kappa shape index (κ3) is 4.40. The first kappa shape index (κ1) is 21.7. The van der Waals surface area contributed by atoms with Crippen LogP contribution >= 0.6 is 0 Å². The molecule has 0 unspecified atom stereocenters. The molecule has 0 bridgehead atoms. The SMILES string of the molecule is CCC(=O)N1CCN(c2cnc(N)c(-c3nnc(-c4ccc(CNC)cc4)o3)n2)C[C@H]1C. The minimum atomic E-state index is 0.0832. The molecule has 0 spiro atoms. The van der Waals surface area contributed by atoms with Gasteiger partial charge in [0.15, 0.2) is 11.5 Å². The minimum Gasteiger partial charge on any atom is -0.414 e. The molecule has 1 aliphatic heterocycles. The Balaban J connectivity index is 1.54. The molecular weight excluding hydrogens is 408 g/mol. The number of nitrogen functional groups attached to an aromatic ring is 1. The number of hydrogen-bond acceptors (Lipinski definition) is 9. The Morgan fingerprint density at radius 2 is 1.97 bits per heavy atom. The Bertz CT molecular complexity index is 1080. The summed E-state index contributed by atoms with van der Waals surface area (Å²) in [7, 11) is 1.91. The Labute approximate surface area is 186 Å². The number of aromatic nitrogens is 4. The zero-order chi connectivity index (χ0) is 22.7. The second kappa shape index (κ2) is 9.31. The van der Waals surface area contributed by atoms with Gasteiger partial charge in [0.1, 0.15) is 5.82 Å². The summed E-state index contributed by atoms with van der Waals surface area (Å²) >= 11 is 0. The monoisotopic (exact) mass is 436 g/mol. The number of nitrogens with two attached hydrogens (primary N) is 1. The Kier molecular flexibility index (Phi) is 6.31. The molecule has 10 nitrogen and oxygen atoms in total. The minimum absolute atomic E-state index is 0.0832. The maximum absolute atomic E-state index is 12.1. The van der Waals surface area contributed by atoms with E-state index in [9.17, 15) is 4.79 Å². The summed E-state index contributed by atoms with van der Waals surface area (Å²) in [5, 5.41) is 11.4. The first-order chi connectivity index (χ1) is 15.5. The van der Waals surface area contributed by atoms with Gasteiger partial charge >= 0.3 is 0 Å². The number of rotatable bonds is 6. The quantitative estimate of drug-likeness (QED) is 0.596. The van der Waals surface area contributed by atoms with Crippen LogP contribution in [0.1, 0.15) is 25.8 Å². The highest BCUT2D eigenvalue weighted by molar-refractivity contribution is 5.76. The molecule has 168 valence electrons. The molecule has 1 aromatic carbocycles. The number of anilines is 2. The largest absolute Gasteiger partial charge is 0.414 e. The average molecular weight is 437 g/mol. The smallest absolute Gasteiger partial charge is 0.270 e. The van der Waals surface area contributed by atoms with E-state index in [1.807, 2.05) is 50.1 Å². The predicted molar refractivity (Wildman–Crippen MR) is 122 cm³/mol. The van der Waals surface area contributed by atoms with E-state index in [1.54, 1.807) is 6.20 Å². The van der Waals surface area contributed by atoms with Crippen LogP contribution in [0.3, 0.4) is 0 Å². The normalized spacial score (nSPS) is 16.4. The fourth-order valence-corrected chi connectivity index (χ4v) is 3.84. The van der Waals surface area contributed by atoms with E-state index >= 15 is 0 Å². The van der Waals surface area contributed by atoms with Crippen LogP contribution in [0.15, 0.2) is 34.9 Å². The lowest BCUT2D eigenvalue weighted by atomic mass is 10.1. The number of carbonyl (C=O) groups excluding carboxylic acids is 1. The molecule has 3 aromatic rings. The first-order valence-electron chi connectivity index (χ1n) is 10.7. The summed E-state index contributed by atoms with van der Waals surface area (Å²) in [6.07, 6.45) is 2.15. The van der Waals surface area contributed by atoms with Crippen molar-refractivity contribution in [2.75, 3.05) is 37.3 Å². The maximum Gasteiger partial charge on any atom is 0.270 e. The van der Waals surface area contributed by atoms with Gasteiger partial charge in [0.25, 0.3) is 5.89 Å². The molecule has 1 amide bonds. The van der Waals surface area contributed by atoms with Gasteiger partial charge in [-0.15, -0.1) is 10.2 Å². The van der Waals surface area contributed by atoms with Crippen molar-refractivity contribution in [1.29, 1.82) is 0 Å². The Morgan fingerprint density at radius 1 is 1.22 bits per heavy atom. The van der Waals surface area contributed by atoms with Gasteiger partial charge in [0.2, 0.25) is 11.8 Å². The maximum atomic E-state index is 12.1. The molecule has 1 saturated heterocycles. The van der Waals surface area contributed by atoms with Crippen molar-refractivity contribution >= 4 is 17.5 Å². The van der Waals surface area contributed by atoms with E-state index in [4.69, 9.17) is 10.2 Å². The number of amides is 1. The number of carbonyl (C=O) groups is 1. The van der Waals surface area contributed by atoms with Crippen LogP contribution in [0.25, 0.3) is 23.0 Å². The summed E-state index contributed by atoms with van der Waals surface area (Å²) in [6, 6.07) is 7.98. The summed E-state index contributed by atoms with van der Waals surface area (Å²) < 4.78 is 5.87. The second-order valence-electron chi connectivity index (χ2n) is 7.84. The molecule has 1 aliphatic rings. The van der Waals surface area contributed by atoms with Gasteiger partial charge in [-0.1, -0.05) is 19.1 Å². The molecule has 0 saturated carbocycles. The topological polar surface area (TPSA) is 126 Å². The lowest BCUT2D eigenvalue weighted by molar-refractivity contribution is -0.133. The van der Waals surface area contributed by atoms with Crippen molar-refractivity contribution in [1.82, 2.24) is 30.4 Å². The van der Waals surface area contributed by atoms with E-state index < -0.39 is 0 Å². The van der Waals surface area contributed by atoms with E-state index in [1.165, 1.54) is 0 Å². The fourth-order valence-electron chi connectivity index (χ4n) is 3.84. The van der Waals surface area contributed by atoms with Crippen molar-refractivity contribution in [3.8, 4) is 23.0 Å². The predicted octanol–water partition coefficient (Wildman–Crippen LogP) is 1.94. The van der Waals surface area contributed by atoms with Gasteiger partial charge < -0.3 is 25.3 Å². The zero-order valence-electron chi connectivity index (χ0n) is 18.6. The van der Waals surface area contributed by atoms with Gasteiger partial charge in [-0.25, -0.2) is 9.97 Å². The van der Waals surface area contributed by atoms with Crippen molar-refractivity contribution < 1.29 is 9.21 Å². The third-order valence-electron chi connectivity index (χ3n) is 5.57. The number of hydrogen-bond donors (Lipinski definition) is 2. The summed E-state index contributed by atoms with van der Waals surface area (Å²) in [5.74, 6) is 1.67. The lowest BCUT2D eigenvalue weighted by Gasteiger charge is -2.40. The highest BCUT2D eigenvalue weighted by Gasteiger charge is 2.28. The molecule has 2 aromatic heterocycles. The number of nitrogens with zero attached hydrogens (tertiary/aromatic N) is 6. The molecule has 1 atom stereocenters. The lowest BCUT2D eigenvalue weighted by Crippen LogP contribution is -2.54. The molecular formula is C22H28N8O2. The first-order valence-corrected chi connectivity index (χ1v) is 10.7. The van der Waals surface area contributed by atoms with Crippen LogP contribution in [-0.2, 0) is 11.3 Å². The Morgan fingerprint density at radius 3 is 2.66 bits per heavy atom. The zero-order valence-corrected chi connectivity index (χ0v) is 18.6. The fraction of sp³-hybridized carbons (Fsp3) is 0.409. The average Bonchev–Trinajstić information content (AvgIpc) is 3.29. The number of piperazine rings is 1. The molecule has 3 heterocycles. The Hall–Kier alpha value is -3.53. The van der Waals surface area contributed by atoms with Crippen molar-refractivity contribution in [3.63, 3.8) is 0 Å². The van der Waals surface area contributed by atoms with Gasteiger partial charge in [0.05, 0.1) is 6.20 Å². The molecule has 0 radical (unpaired) electrons. The third-order valence-corrected chi connectivity index (χ3v) is 5.57. The van der Waals surface area contributed by atoms with E-state index in [-0.39, 0.29) is 23.7 Å². The van der Waals surface area contributed by atoms with Gasteiger partial charge in [0, 0.05) is 44.2 Å². The number of benzene rings is 1. The van der Waals surface area contributed by atoms with Crippen molar-refractivity contribution in [2.45, 2.75) is 32.9 Å². The highest BCUT2D eigenvalue weighted by Crippen LogP contribution is 2.28. The van der Waals surface area contributed by atoms with Gasteiger partial charge in [-0.2, -0.15) is 0 Å². The molecule has 1 fully saturated rings. The van der Waals surface area contributed by atoms with Crippen LogP contribution in [0.5, 0.6) is 0 Å². The molecule has 3 N–H and O–H groups in total. The summed E-state index contributed by atoms with van der Waals surface area (Å²) in [6.45, 7) is 6.68. The molecule has 32 heavy (non-hydrogen) atoms. The molecule has 4 rings (SSSR count). The van der Waals surface area contributed by atoms with Crippen LogP contribution in [0.2, 0.25) is 0 Å². The van der Waals surface area contributed by atoms with E-state index in [2.05, 4.69) is 30.4 Å². The van der Waals surface area contributed by atoms with Crippen molar-refractivity contribution in [2.24, 2.45) is 0 Å². The summed E-state index contributed by atoms with van der Waals surface area (Å²) in [5.41, 5.74) is 8.41. The van der Waals surface area contributed by atoms with Crippen LogP contribution < -0.4 is 16.0 Å². The molecule has 0 aliphatic carbocycles.